The number of ether oxygens (including phenoxy) is 1. The molecule has 0 spiro atoms. The van der Waals surface area contributed by atoms with Gasteiger partial charge < -0.3 is 10.1 Å². The third-order valence-electron chi connectivity index (χ3n) is 2.44. The van der Waals surface area contributed by atoms with Gasteiger partial charge >= 0.3 is 5.97 Å². The van der Waals surface area contributed by atoms with E-state index in [-0.39, 0.29) is 5.97 Å². The molecule has 2 rings (SSSR count). The van der Waals surface area contributed by atoms with E-state index in [4.69, 9.17) is 4.74 Å². The second-order valence-corrected chi connectivity index (χ2v) is 5.13. The van der Waals surface area contributed by atoms with Gasteiger partial charge in [0.2, 0.25) is 0 Å². The largest absolute Gasteiger partial charge is 0.465 e. The van der Waals surface area contributed by atoms with Gasteiger partial charge in [0, 0.05) is 16.0 Å². The van der Waals surface area contributed by atoms with Crippen molar-refractivity contribution in [2.45, 2.75) is 13.5 Å². The van der Waals surface area contributed by atoms with E-state index in [0.29, 0.717) is 17.9 Å². The van der Waals surface area contributed by atoms with Gasteiger partial charge in [0.1, 0.15) is 11.4 Å². The van der Waals surface area contributed by atoms with Crippen LogP contribution in [-0.4, -0.2) is 18.1 Å². The zero-order valence-electron chi connectivity index (χ0n) is 10.3. The average Bonchev–Trinajstić information content (AvgIpc) is 2.81. The number of nitrogens with one attached hydrogen (secondary N) is 1. The molecule has 0 saturated heterocycles. The molecule has 0 fully saturated rings. The van der Waals surface area contributed by atoms with Crippen LogP contribution in [0.25, 0.3) is 0 Å². The van der Waals surface area contributed by atoms with Gasteiger partial charge in [-0.05, 0) is 31.2 Å². The molecule has 0 radical (unpaired) electrons. The van der Waals surface area contributed by atoms with Crippen LogP contribution >= 0.6 is 11.3 Å². The number of pyridine rings is 1. The van der Waals surface area contributed by atoms with Crippen LogP contribution in [0.5, 0.6) is 0 Å². The summed E-state index contributed by atoms with van der Waals surface area (Å²) < 4.78 is 4.72. The molecule has 0 saturated carbocycles. The Hall–Kier alpha value is -1.88. The number of anilines is 1. The van der Waals surface area contributed by atoms with Gasteiger partial charge in [0.15, 0.2) is 0 Å². The van der Waals surface area contributed by atoms with E-state index < -0.39 is 0 Å². The summed E-state index contributed by atoms with van der Waals surface area (Å²) in [4.78, 5) is 18.2. The molecule has 2 heterocycles. The fraction of sp³-hybridized carbons (Fsp3) is 0.231. The van der Waals surface area contributed by atoms with Crippen LogP contribution in [0.2, 0.25) is 0 Å². The monoisotopic (exact) mass is 262 g/mol. The summed E-state index contributed by atoms with van der Waals surface area (Å²) in [6.07, 6.45) is 1.65. The minimum atomic E-state index is -0.382. The van der Waals surface area contributed by atoms with E-state index in [1.807, 2.05) is 0 Å². The van der Waals surface area contributed by atoms with Crippen molar-refractivity contribution in [3.05, 3.63) is 45.8 Å². The summed E-state index contributed by atoms with van der Waals surface area (Å²) in [6, 6.07) is 7.54. The van der Waals surface area contributed by atoms with Gasteiger partial charge in [-0.25, -0.2) is 9.78 Å². The van der Waals surface area contributed by atoms with Crippen molar-refractivity contribution in [1.82, 2.24) is 4.98 Å². The second-order valence-electron chi connectivity index (χ2n) is 3.76. The molecule has 5 heteroatoms. The molecule has 18 heavy (non-hydrogen) atoms. The van der Waals surface area contributed by atoms with Crippen molar-refractivity contribution in [1.29, 1.82) is 0 Å². The molecule has 0 aliphatic rings. The molecule has 4 nitrogen and oxygen atoms in total. The zero-order valence-corrected chi connectivity index (χ0v) is 11.1. The predicted molar refractivity (Wildman–Crippen MR) is 72.0 cm³/mol. The normalized spacial score (nSPS) is 10.1. The molecule has 1 N–H and O–H groups in total. The highest BCUT2D eigenvalue weighted by atomic mass is 32.1. The van der Waals surface area contributed by atoms with E-state index in [1.54, 1.807) is 29.7 Å². The molecular formula is C13H14N2O2S. The summed E-state index contributed by atoms with van der Waals surface area (Å²) in [5.74, 6) is 0.170. The molecule has 0 aliphatic heterocycles. The van der Waals surface area contributed by atoms with Crippen molar-refractivity contribution in [2.75, 3.05) is 12.4 Å². The van der Waals surface area contributed by atoms with Crippen LogP contribution in [0.1, 0.15) is 20.1 Å². The number of aryl methyl sites for hydroxylation is 1. The van der Waals surface area contributed by atoms with E-state index in [0.717, 1.165) is 0 Å². The molecule has 94 valence electrons. The summed E-state index contributed by atoms with van der Waals surface area (Å²) in [5.41, 5.74) is 0.452. The average molecular weight is 262 g/mol. The minimum absolute atomic E-state index is 0.382. The number of esters is 1. The number of nitrogens with zero attached hydrogens (tertiary/aromatic N) is 1. The van der Waals surface area contributed by atoms with Crippen molar-refractivity contribution in [2.24, 2.45) is 0 Å². The maximum atomic E-state index is 11.6. The molecule has 0 atom stereocenters. The molecule has 0 aromatic carbocycles. The van der Waals surface area contributed by atoms with E-state index >= 15 is 0 Å². The first kappa shape index (κ1) is 12.6. The first-order chi connectivity index (χ1) is 8.70. The van der Waals surface area contributed by atoms with E-state index in [2.05, 4.69) is 29.4 Å². The van der Waals surface area contributed by atoms with Crippen molar-refractivity contribution in [3.8, 4) is 0 Å². The van der Waals surface area contributed by atoms with Crippen LogP contribution in [0.3, 0.4) is 0 Å². The van der Waals surface area contributed by atoms with Crippen LogP contribution in [0, 0.1) is 6.92 Å². The lowest BCUT2D eigenvalue weighted by Gasteiger charge is -2.08. The Balaban J connectivity index is 2.11. The number of hydrogen-bond donors (Lipinski definition) is 1. The maximum Gasteiger partial charge on any atom is 0.341 e. The number of thiophene rings is 1. The fourth-order valence-corrected chi connectivity index (χ4v) is 2.40. The van der Waals surface area contributed by atoms with E-state index in [9.17, 15) is 4.79 Å². The summed E-state index contributed by atoms with van der Waals surface area (Å²) in [5, 5.41) is 3.16. The van der Waals surface area contributed by atoms with Crippen molar-refractivity contribution >= 4 is 23.1 Å². The number of rotatable bonds is 4. The minimum Gasteiger partial charge on any atom is -0.465 e. The molecule has 2 aromatic heterocycles. The Morgan fingerprint density at radius 1 is 1.44 bits per heavy atom. The molecule has 2 aromatic rings. The molecule has 0 aliphatic carbocycles. The SMILES string of the molecule is COC(=O)c1cccnc1NCc1ccc(C)s1. The second kappa shape index (κ2) is 5.64. The highest BCUT2D eigenvalue weighted by molar-refractivity contribution is 7.11. The lowest BCUT2D eigenvalue weighted by atomic mass is 10.2. The third kappa shape index (κ3) is 2.87. The Morgan fingerprint density at radius 3 is 2.94 bits per heavy atom. The van der Waals surface area contributed by atoms with Gasteiger partial charge in [-0.2, -0.15) is 0 Å². The number of aromatic nitrogens is 1. The van der Waals surface area contributed by atoms with Gasteiger partial charge in [-0.1, -0.05) is 0 Å². The smallest absolute Gasteiger partial charge is 0.341 e. The summed E-state index contributed by atoms with van der Waals surface area (Å²) in [6.45, 7) is 2.72. The van der Waals surface area contributed by atoms with Gasteiger partial charge in [-0.15, -0.1) is 11.3 Å². The fourth-order valence-electron chi connectivity index (χ4n) is 1.57. The Labute approximate surface area is 110 Å². The summed E-state index contributed by atoms with van der Waals surface area (Å²) >= 11 is 1.72. The number of carbonyl (C=O) groups is 1. The van der Waals surface area contributed by atoms with Crippen molar-refractivity contribution < 1.29 is 9.53 Å². The number of carbonyl (C=O) groups excluding carboxylic acids is 1. The lowest BCUT2D eigenvalue weighted by molar-refractivity contribution is 0.0601. The molecule has 0 bridgehead atoms. The number of hydrogen-bond acceptors (Lipinski definition) is 5. The molecular weight excluding hydrogens is 248 g/mol. The molecule has 0 unspecified atom stereocenters. The van der Waals surface area contributed by atoms with Crippen molar-refractivity contribution in [3.63, 3.8) is 0 Å². The predicted octanol–water partition coefficient (Wildman–Crippen LogP) is 2.85. The van der Waals surface area contributed by atoms with Crippen LogP contribution in [-0.2, 0) is 11.3 Å². The first-order valence-electron chi connectivity index (χ1n) is 5.53. The van der Waals surface area contributed by atoms with Gasteiger partial charge in [-0.3, -0.25) is 0 Å². The Morgan fingerprint density at radius 2 is 2.28 bits per heavy atom. The summed E-state index contributed by atoms with van der Waals surface area (Å²) in [7, 11) is 1.36. The third-order valence-corrected chi connectivity index (χ3v) is 3.44. The highest BCUT2D eigenvalue weighted by Crippen LogP contribution is 2.18. The van der Waals surface area contributed by atoms with Gasteiger partial charge in [0.25, 0.3) is 0 Å². The molecule has 0 amide bonds. The van der Waals surface area contributed by atoms with Crippen LogP contribution < -0.4 is 5.32 Å². The van der Waals surface area contributed by atoms with Gasteiger partial charge in [0.05, 0.1) is 13.7 Å². The van der Waals surface area contributed by atoms with E-state index in [1.165, 1.54) is 16.9 Å². The van der Waals surface area contributed by atoms with Crippen LogP contribution in [0.4, 0.5) is 5.82 Å². The quantitative estimate of drug-likeness (QED) is 0.861. The zero-order chi connectivity index (χ0) is 13.0. The van der Waals surface area contributed by atoms with Crippen LogP contribution in [0.15, 0.2) is 30.5 Å². The standard InChI is InChI=1S/C13H14N2O2S/c1-9-5-6-10(18-9)8-15-12-11(13(16)17-2)4-3-7-14-12/h3-7H,8H2,1-2H3,(H,14,15). The number of methoxy groups -OCH3 is 1. The lowest BCUT2D eigenvalue weighted by Crippen LogP contribution is -2.09. The topological polar surface area (TPSA) is 51.2 Å². The Bertz CT molecular complexity index is 551. The maximum absolute atomic E-state index is 11.6. The highest BCUT2D eigenvalue weighted by Gasteiger charge is 2.12. The Kier molecular flexibility index (Phi) is 3.94. The first-order valence-corrected chi connectivity index (χ1v) is 6.35.